The van der Waals surface area contributed by atoms with Gasteiger partial charge in [0, 0.05) is 12.1 Å². The van der Waals surface area contributed by atoms with Gasteiger partial charge in [0.1, 0.15) is 11.9 Å². The van der Waals surface area contributed by atoms with Gasteiger partial charge >= 0.3 is 0 Å². The third-order valence-corrected chi connectivity index (χ3v) is 3.75. The highest BCUT2D eigenvalue weighted by Gasteiger charge is 2.33. The molecule has 0 aromatic heterocycles. The lowest BCUT2D eigenvalue weighted by molar-refractivity contribution is -0.133. The summed E-state index contributed by atoms with van der Waals surface area (Å²) in [4.78, 5) is 12.4. The van der Waals surface area contributed by atoms with Gasteiger partial charge in [-0.15, -0.1) is 0 Å². The molecule has 2 unspecified atom stereocenters. The van der Waals surface area contributed by atoms with Crippen molar-refractivity contribution in [1.29, 1.82) is 0 Å². The molecule has 5 heteroatoms. The Hall–Kier alpha value is -2.69. The molecule has 2 aromatic carbocycles. The van der Waals surface area contributed by atoms with Crippen LogP contribution in [0.2, 0.25) is 0 Å². The minimum Gasteiger partial charge on any atom is -0.496 e. The van der Waals surface area contributed by atoms with Crippen molar-refractivity contribution in [2.24, 2.45) is 0 Å². The molecule has 0 saturated carbocycles. The molecule has 0 spiro atoms. The summed E-state index contributed by atoms with van der Waals surface area (Å²) >= 11 is 0. The molecule has 1 aliphatic rings. The van der Waals surface area contributed by atoms with E-state index >= 15 is 0 Å². The number of rotatable bonds is 4. The lowest BCUT2D eigenvalue weighted by atomic mass is 10.1. The summed E-state index contributed by atoms with van der Waals surface area (Å²) in [6.07, 6.45) is -1.04. The van der Waals surface area contributed by atoms with Crippen LogP contribution >= 0.6 is 0 Å². The number of para-hydroxylation sites is 3. The van der Waals surface area contributed by atoms with E-state index in [9.17, 15) is 4.79 Å². The molecule has 1 N–H and O–H groups in total. The predicted molar refractivity (Wildman–Crippen MR) is 85.8 cm³/mol. The number of benzene rings is 2. The van der Waals surface area contributed by atoms with Crippen LogP contribution in [0.5, 0.6) is 17.2 Å². The number of ether oxygens (including phenoxy) is 3. The molecule has 0 bridgehead atoms. The highest BCUT2D eigenvalue weighted by atomic mass is 16.6. The van der Waals surface area contributed by atoms with E-state index in [0.717, 1.165) is 11.3 Å². The highest BCUT2D eigenvalue weighted by molar-refractivity contribution is 5.82. The van der Waals surface area contributed by atoms with Gasteiger partial charge in [-0.3, -0.25) is 4.79 Å². The maximum absolute atomic E-state index is 12.4. The molecular formula is C18H19NO4. The van der Waals surface area contributed by atoms with E-state index in [2.05, 4.69) is 5.32 Å². The third kappa shape index (κ3) is 3.23. The normalized spacial score (nSPS) is 19.0. The average Bonchev–Trinajstić information content (AvgIpc) is 2.59. The van der Waals surface area contributed by atoms with Gasteiger partial charge in [-0.1, -0.05) is 30.3 Å². The quantitative estimate of drug-likeness (QED) is 0.942. The Balaban J connectivity index is 1.67. The summed E-state index contributed by atoms with van der Waals surface area (Å²) in [5, 5.41) is 2.88. The summed E-state index contributed by atoms with van der Waals surface area (Å²) in [5.74, 6) is 1.78. The molecule has 1 amide bonds. The van der Waals surface area contributed by atoms with Crippen molar-refractivity contribution in [3.8, 4) is 17.2 Å². The van der Waals surface area contributed by atoms with E-state index in [1.54, 1.807) is 13.2 Å². The van der Waals surface area contributed by atoms with Crippen LogP contribution in [0.15, 0.2) is 48.5 Å². The lowest BCUT2D eigenvalue weighted by Crippen LogP contribution is -2.48. The zero-order chi connectivity index (χ0) is 16.2. The maximum Gasteiger partial charge on any atom is 0.265 e. The first kappa shape index (κ1) is 15.2. The zero-order valence-electron chi connectivity index (χ0n) is 13.1. The first-order valence-corrected chi connectivity index (χ1v) is 7.51. The van der Waals surface area contributed by atoms with Crippen molar-refractivity contribution in [1.82, 2.24) is 5.32 Å². The van der Waals surface area contributed by atoms with Crippen LogP contribution in [0, 0.1) is 0 Å². The van der Waals surface area contributed by atoms with Gasteiger partial charge < -0.3 is 19.5 Å². The SMILES string of the molecule is COc1ccccc1CNC(=O)C1Oc2ccccc2OC1C. The number of amides is 1. The van der Waals surface area contributed by atoms with Gasteiger partial charge in [-0.05, 0) is 25.1 Å². The Labute approximate surface area is 135 Å². The van der Waals surface area contributed by atoms with E-state index < -0.39 is 6.10 Å². The summed E-state index contributed by atoms with van der Waals surface area (Å²) < 4.78 is 16.8. The molecule has 23 heavy (non-hydrogen) atoms. The van der Waals surface area contributed by atoms with Crippen molar-refractivity contribution in [2.75, 3.05) is 7.11 Å². The summed E-state index contributed by atoms with van der Waals surface area (Å²) in [7, 11) is 1.61. The molecular weight excluding hydrogens is 294 g/mol. The van der Waals surface area contributed by atoms with Crippen molar-refractivity contribution >= 4 is 5.91 Å². The Morgan fingerprint density at radius 3 is 2.48 bits per heavy atom. The van der Waals surface area contributed by atoms with Crippen LogP contribution in [0.4, 0.5) is 0 Å². The van der Waals surface area contributed by atoms with E-state index in [-0.39, 0.29) is 12.0 Å². The van der Waals surface area contributed by atoms with E-state index in [1.165, 1.54) is 0 Å². The van der Waals surface area contributed by atoms with Crippen LogP contribution in [0.3, 0.4) is 0 Å². The van der Waals surface area contributed by atoms with Crippen molar-refractivity contribution in [3.63, 3.8) is 0 Å². The van der Waals surface area contributed by atoms with E-state index in [4.69, 9.17) is 14.2 Å². The number of fused-ring (bicyclic) bond motifs is 1. The molecule has 2 aromatic rings. The largest absolute Gasteiger partial charge is 0.496 e. The molecule has 120 valence electrons. The highest BCUT2D eigenvalue weighted by Crippen LogP contribution is 2.33. The molecule has 2 atom stereocenters. The predicted octanol–water partition coefficient (Wildman–Crippen LogP) is 2.54. The molecule has 5 nitrogen and oxygen atoms in total. The fraction of sp³-hybridized carbons (Fsp3) is 0.278. The number of hydrogen-bond acceptors (Lipinski definition) is 4. The second-order valence-electron chi connectivity index (χ2n) is 5.34. The molecule has 0 radical (unpaired) electrons. The second kappa shape index (κ2) is 6.60. The van der Waals surface area contributed by atoms with Crippen molar-refractivity contribution in [2.45, 2.75) is 25.7 Å². The Morgan fingerprint density at radius 2 is 1.74 bits per heavy atom. The summed E-state index contributed by atoms with van der Waals surface area (Å²) in [5.41, 5.74) is 0.910. The minimum absolute atomic E-state index is 0.210. The van der Waals surface area contributed by atoms with E-state index in [1.807, 2.05) is 49.4 Å². The molecule has 1 heterocycles. The third-order valence-electron chi connectivity index (χ3n) is 3.75. The molecule has 0 aliphatic carbocycles. The first-order valence-electron chi connectivity index (χ1n) is 7.51. The number of methoxy groups -OCH3 is 1. The summed E-state index contributed by atoms with van der Waals surface area (Å²) in [6, 6.07) is 14.9. The standard InChI is InChI=1S/C18H19NO4/c1-12-17(23-16-10-6-5-9-15(16)22-12)18(20)19-11-13-7-3-4-8-14(13)21-2/h3-10,12,17H,11H2,1-2H3,(H,19,20). The monoisotopic (exact) mass is 313 g/mol. The van der Waals surface area contributed by atoms with Crippen LogP contribution in [-0.4, -0.2) is 25.2 Å². The maximum atomic E-state index is 12.4. The number of nitrogens with one attached hydrogen (secondary N) is 1. The molecule has 1 aliphatic heterocycles. The molecule has 3 rings (SSSR count). The van der Waals surface area contributed by atoms with Crippen molar-refractivity contribution < 1.29 is 19.0 Å². The summed E-state index contributed by atoms with van der Waals surface area (Å²) in [6.45, 7) is 2.19. The average molecular weight is 313 g/mol. The first-order chi connectivity index (χ1) is 11.2. The van der Waals surface area contributed by atoms with Gasteiger partial charge in [-0.25, -0.2) is 0 Å². The topological polar surface area (TPSA) is 56.8 Å². The fourth-order valence-corrected chi connectivity index (χ4v) is 2.54. The Morgan fingerprint density at radius 1 is 1.09 bits per heavy atom. The van der Waals surface area contributed by atoms with Gasteiger partial charge in [-0.2, -0.15) is 0 Å². The van der Waals surface area contributed by atoms with Gasteiger partial charge in [0.15, 0.2) is 11.5 Å². The van der Waals surface area contributed by atoms with E-state index in [0.29, 0.717) is 18.0 Å². The Kier molecular flexibility index (Phi) is 4.37. The second-order valence-corrected chi connectivity index (χ2v) is 5.34. The number of carbonyl (C=O) groups excluding carboxylic acids is 1. The number of hydrogen-bond donors (Lipinski definition) is 1. The number of carbonyl (C=O) groups is 1. The van der Waals surface area contributed by atoms with Crippen LogP contribution in [0.1, 0.15) is 12.5 Å². The van der Waals surface area contributed by atoms with Crippen LogP contribution < -0.4 is 19.5 Å². The fourth-order valence-electron chi connectivity index (χ4n) is 2.54. The molecule has 0 fully saturated rings. The van der Waals surface area contributed by atoms with Crippen LogP contribution in [0.25, 0.3) is 0 Å². The van der Waals surface area contributed by atoms with Gasteiger partial charge in [0.25, 0.3) is 5.91 Å². The van der Waals surface area contributed by atoms with Gasteiger partial charge in [0.05, 0.1) is 7.11 Å². The zero-order valence-corrected chi connectivity index (χ0v) is 13.1. The lowest BCUT2D eigenvalue weighted by Gasteiger charge is -2.31. The minimum atomic E-state index is -0.681. The smallest absolute Gasteiger partial charge is 0.265 e. The molecule has 0 saturated heterocycles. The Bertz CT molecular complexity index is 701. The van der Waals surface area contributed by atoms with Crippen molar-refractivity contribution in [3.05, 3.63) is 54.1 Å². The van der Waals surface area contributed by atoms with Crippen LogP contribution in [-0.2, 0) is 11.3 Å². The van der Waals surface area contributed by atoms with Gasteiger partial charge in [0.2, 0.25) is 6.10 Å².